The van der Waals surface area contributed by atoms with Crippen molar-refractivity contribution in [2.75, 3.05) is 24.9 Å². The van der Waals surface area contributed by atoms with E-state index in [1.807, 2.05) is 0 Å². The highest BCUT2D eigenvalue weighted by Gasteiger charge is 2.14. The molecule has 3 aromatic rings. The van der Waals surface area contributed by atoms with Gasteiger partial charge in [-0.15, -0.1) is 0 Å². The van der Waals surface area contributed by atoms with E-state index in [-0.39, 0.29) is 17.2 Å². The van der Waals surface area contributed by atoms with Gasteiger partial charge in [0.2, 0.25) is 0 Å². The number of carbonyl (C=O) groups is 1. The first-order chi connectivity index (χ1) is 13.5. The number of halogens is 2. The summed E-state index contributed by atoms with van der Waals surface area (Å²) in [5.74, 6) is -1.10. The van der Waals surface area contributed by atoms with Gasteiger partial charge in [0.15, 0.2) is 0 Å². The van der Waals surface area contributed by atoms with Gasteiger partial charge in [0.1, 0.15) is 46.7 Å². The normalized spacial score (nSPS) is 10.3. The van der Waals surface area contributed by atoms with E-state index in [1.54, 1.807) is 18.2 Å². The number of nitrogens with zero attached hydrogens (tertiary/aromatic N) is 2. The van der Waals surface area contributed by atoms with Crippen molar-refractivity contribution in [3.8, 4) is 11.5 Å². The number of amides is 1. The van der Waals surface area contributed by atoms with Crippen molar-refractivity contribution >= 4 is 23.1 Å². The number of ether oxygens (including phenoxy) is 2. The number of para-hydroxylation sites is 1. The molecule has 1 heterocycles. The molecule has 0 unspecified atom stereocenters. The molecule has 0 radical (unpaired) electrons. The Hall–Kier alpha value is -3.75. The van der Waals surface area contributed by atoms with Crippen LogP contribution in [-0.2, 0) is 0 Å². The monoisotopic (exact) mass is 386 g/mol. The van der Waals surface area contributed by atoms with Crippen LogP contribution in [0.4, 0.5) is 26.0 Å². The third-order valence-corrected chi connectivity index (χ3v) is 3.77. The number of carbonyl (C=O) groups excluding carboxylic acids is 1. The Morgan fingerprint density at radius 2 is 1.75 bits per heavy atom. The molecule has 0 bridgehead atoms. The van der Waals surface area contributed by atoms with Gasteiger partial charge >= 0.3 is 0 Å². The summed E-state index contributed by atoms with van der Waals surface area (Å²) < 4.78 is 37.9. The van der Waals surface area contributed by atoms with Gasteiger partial charge in [0, 0.05) is 12.1 Å². The van der Waals surface area contributed by atoms with E-state index in [9.17, 15) is 13.6 Å². The van der Waals surface area contributed by atoms with E-state index in [4.69, 9.17) is 9.47 Å². The molecule has 0 saturated heterocycles. The summed E-state index contributed by atoms with van der Waals surface area (Å²) in [5.41, 5.74) is 0.0260. The van der Waals surface area contributed by atoms with E-state index in [1.165, 1.54) is 26.4 Å². The first-order valence-corrected chi connectivity index (χ1v) is 8.08. The van der Waals surface area contributed by atoms with Crippen molar-refractivity contribution in [2.45, 2.75) is 0 Å². The van der Waals surface area contributed by atoms with Gasteiger partial charge in [-0.3, -0.25) is 4.79 Å². The summed E-state index contributed by atoms with van der Waals surface area (Å²) in [6.45, 7) is 0. The summed E-state index contributed by atoms with van der Waals surface area (Å²) >= 11 is 0. The van der Waals surface area contributed by atoms with Crippen molar-refractivity contribution in [1.82, 2.24) is 9.97 Å². The molecular formula is C19H16F2N4O3. The maximum absolute atomic E-state index is 13.8. The molecule has 2 N–H and O–H groups in total. The number of hydrogen-bond acceptors (Lipinski definition) is 6. The second-order valence-corrected chi connectivity index (χ2v) is 5.53. The molecule has 3 rings (SSSR count). The summed E-state index contributed by atoms with van der Waals surface area (Å²) in [6.07, 6.45) is 1.11. The van der Waals surface area contributed by atoms with Gasteiger partial charge in [-0.05, 0) is 24.3 Å². The van der Waals surface area contributed by atoms with Crippen molar-refractivity contribution in [1.29, 1.82) is 0 Å². The van der Waals surface area contributed by atoms with Crippen molar-refractivity contribution < 1.29 is 23.0 Å². The predicted octanol–water partition coefficient (Wildman–Crippen LogP) is 3.77. The van der Waals surface area contributed by atoms with Crippen molar-refractivity contribution in [2.24, 2.45) is 0 Å². The minimum Gasteiger partial charge on any atom is -0.497 e. The zero-order valence-electron chi connectivity index (χ0n) is 15.0. The highest BCUT2D eigenvalue weighted by atomic mass is 19.1. The molecule has 9 heteroatoms. The molecule has 0 spiro atoms. The molecular weight excluding hydrogens is 370 g/mol. The Balaban J connectivity index is 1.81. The van der Waals surface area contributed by atoms with Crippen LogP contribution in [0.5, 0.6) is 11.5 Å². The Morgan fingerprint density at radius 3 is 2.43 bits per heavy atom. The molecule has 0 saturated carbocycles. The summed E-state index contributed by atoms with van der Waals surface area (Å²) in [4.78, 5) is 20.3. The van der Waals surface area contributed by atoms with Gasteiger partial charge in [0.25, 0.3) is 5.91 Å². The molecule has 0 fully saturated rings. The number of anilines is 3. The fourth-order valence-electron chi connectivity index (χ4n) is 2.38. The van der Waals surface area contributed by atoms with Crippen LogP contribution in [0.3, 0.4) is 0 Å². The maximum Gasteiger partial charge on any atom is 0.274 e. The van der Waals surface area contributed by atoms with Crippen LogP contribution in [0.2, 0.25) is 0 Å². The largest absolute Gasteiger partial charge is 0.497 e. The molecule has 0 aliphatic heterocycles. The van der Waals surface area contributed by atoms with Crippen LogP contribution in [-0.4, -0.2) is 30.1 Å². The van der Waals surface area contributed by atoms with E-state index in [0.717, 1.165) is 18.5 Å². The minimum atomic E-state index is -0.785. The Morgan fingerprint density at radius 1 is 1.00 bits per heavy atom. The fraction of sp³-hybridized carbons (Fsp3) is 0.105. The quantitative estimate of drug-likeness (QED) is 0.671. The van der Waals surface area contributed by atoms with E-state index < -0.39 is 17.5 Å². The molecule has 2 aromatic carbocycles. The maximum atomic E-state index is 13.8. The average Bonchev–Trinajstić information content (AvgIpc) is 2.71. The average molecular weight is 386 g/mol. The lowest BCUT2D eigenvalue weighted by atomic mass is 10.2. The zero-order chi connectivity index (χ0) is 20.1. The van der Waals surface area contributed by atoms with E-state index in [2.05, 4.69) is 20.6 Å². The van der Waals surface area contributed by atoms with Crippen LogP contribution >= 0.6 is 0 Å². The smallest absolute Gasteiger partial charge is 0.274 e. The molecule has 1 aromatic heterocycles. The van der Waals surface area contributed by atoms with E-state index >= 15 is 0 Å². The van der Waals surface area contributed by atoms with Gasteiger partial charge in [0.05, 0.1) is 19.9 Å². The molecule has 28 heavy (non-hydrogen) atoms. The minimum absolute atomic E-state index is 0.00730. The second-order valence-electron chi connectivity index (χ2n) is 5.53. The number of aromatic nitrogens is 2. The highest BCUT2D eigenvalue weighted by molar-refractivity contribution is 6.04. The SMILES string of the molecule is COc1ccc(NC(=O)c2cc(Nc3c(F)cccc3F)ncn2)c(OC)c1. The number of nitrogens with one attached hydrogen (secondary N) is 2. The van der Waals surface area contributed by atoms with Crippen LogP contribution in [0.1, 0.15) is 10.5 Å². The van der Waals surface area contributed by atoms with E-state index in [0.29, 0.717) is 17.2 Å². The van der Waals surface area contributed by atoms with Gasteiger partial charge in [-0.1, -0.05) is 6.07 Å². The number of rotatable bonds is 6. The summed E-state index contributed by atoms with van der Waals surface area (Å²) in [5, 5.41) is 5.17. The second kappa shape index (κ2) is 8.30. The highest BCUT2D eigenvalue weighted by Crippen LogP contribution is 2.29. The predicted molar refractivity (Wildman–Crippen MR) is 99.2 cm³/mol. The van der Waals surface area contributed by atoms with Crippen molar-refractivity contribution in [3.63, 3.8) is 0 Å². The van der Waals surface area contributed by atoms with Crippen LogP contribution in [0.25, 0.3) is 0 Å². The topological polar surface area (TPSA) is 85.4 Å². The van der Waals surface area contributed by atoms with Crippen LogP contribution in [0, 0.1) is 11.6 Å². The lowest BCUT2D eigenvalue weighted by Gasteiger charge is -2.12. The van der Waals surface area contributed by atoms with Crippen LogP contribution in [0.15, 0.2) is 48.8 Å². The fourth-order valence-corrected chi connectivity index (χ4v) is 2.38. The summed E-state index contributed by atoms with van der Waals surface area (Å²) in [6, 6.07) is 9.63. The van der Waals surface area contributed by atoms with Crippen LogP contribution < -0.4 is 20.1 Å². The van der Waals surface area contributed by atoms with Gasteiger partial charge < -0.3 is 20.1 Å². The Labute approximate surface area is 159 Å². The molecule has 144 valence electrons. The number of hydrogen-bond donors (Lipinski definition) is 2. The number of methoxy groups -OCH3 is 2. The summed E-state index contributed by atoms with van der Waals surface area (Å²) in [7, 11) is 2.97. The lowest BCUT2D eigenvalue weighted by molar-refractivity contribution is 0.102. The third-order valence-electron chi connectivity index (χ3n) is 3.77. The van der Waals surface area contributed by atoms with Gasteiger partial charge in [-0.2, -0.15) is 0 Å². The molecule has 7 nitrogen and oxygen atoms in total. The Bertz CT molecular complexity index is 994. The first kappa shape index (κ1) is 19.0. The van der Waals surface area contributed by atoms with Gasteiger partial charge in [-0.25, -0.2) is 18.7 Å². The Kier molecular flexibility index (Phi) is 5.64. The first-order valence-electron chi connectivity index (χ1n) is 8.08. The molecule has 0 aliphatic rings. The molecule has 0 atom stereocenters. The standard InChI is InChI=1S/C19H16F2N4O3/c1-27-11-6-7-14(16(8-11)28-2)24-19(26)15-9-17(23-10-22-15)25-18-12(20)4-3-5-13(18)21/h3-10H,1-2H3,(H,24,26)(H,22,23,25). The zero-order valence-corrected chi connectivity index (χ0v) is 15.0. The molecule has 1 amide bonds. The number of benzene rings is 2. The lowest BCUT2D eigenvalue weighted by Crippen LogP contribution is -2.15. The van der Waals surface area contributed by atoms with Crippen molar-refractivity contribution in [3.05, 3.63) is 66.1 Å². The molecule has 0 aliphatic carbocycles. The third kappa shape index (κ3) is 4.14.